The van der Waals surface area contributed by atoms with Gasteiger partial charge in [0.05, 0.1) is 6.42 Å². The van der Waals surface area contributed by atoms with E-state index in [-0.39, 0.29) is 23.9 Å². The fraction of sp³-hybridized carbons (Fsp3) is 0.111. The highest BCUT2D eigenvalue weighted by Crippen LogP contribution is 2.20. The molecule has 66 valence electrons. The van der Waals surface area contributed by atoms with Crippen LogP contribution in [0.25, 0.3) is 0 Å². The molecule has 0 fully saturated rings. The van der Waals surface area contributed by atoms with Gasteiger partial charge in [-0.25, -0.2) is 0 Å². The summed E-state index contributed by atoms with van der Waals surface area (Å²) in [7, 11) is 0. The largest absolute Gasteiger partial charge is 0.508 e. The molecular formula is C9H8N2O2. The summed E-state index contributed by atoms with van der Waals surface area (Å²) in [5, 5.41) is 9.17. The fourth-order valence-electron chi connectivity index (χ4n) is 1.37. The van der Waals surface area contributed by atoms with Crippen LogP contribution in [0.5, 0.6) is 5.75 Å². The number of phenolic OH excluding ortho intramolecular Hbond substituents is 1. The van der Waals surface area contributed by atoms with E-state index in [0.717, 1.165) is 11.1 Å². The lowest BCUT2D eigenvalue weighted by molar-refractivity contribution is -0.117. The minimum Gasteiger partial charge on any atom is -0.508 e. The second-order valence-corrected chi connectivity index (χ2v) is 2.91. The first-order chi connectivity index (χ1) is 6.16. The SMILES string of the molecule is NC1=NC(=O)Cc2cc(O)ccc21. The molecule has 4 nitrogen and oxygen atoms in total. The van der Waals surface area contributed by atoms with Crippen LogP contribution in [0, 0.1) is 0 Å². The smallest absolute Gasteiger partial charge is 0.252 e. The van der Waals surface area contributed by atoms with E-state index in [0.29, 0.717) is 0 Å². The molecule has 0 radical (unpaired) electrons. The molecule has 1 aliphatic heterocycles. The van der Waals surface area contributed by atoms with Crippen LogP contribution in [0.3, 0.4) is 0 Å². The highest BCUT2D eigenvalue weighted by molar-refractivity contribution is 6.08. The third-order valence-corrected chi connectivity index (χ3v) is 1.95. The van der Waals surface area contributed by atoms with Crippen molar-refractivity contribution >= 4 is 11.7 Å². The van der Waals surface area contributed by atoms with Crippen LogP contribution < -0.4 is 5.73 Å². The number of benzene rings is 1. The maximum absolute atomic E-state index is 11.0. The number of hydrogen-bond acceptors (Lipinski definition) is 3. The molecule has 1 aliphatic rings. The third kappa shape index (κ3) is 1.26. The number of nitrogens with two attached hydrogens (primary N) is 1. The van der Waals surface area contributed by atoms with Crippen molar-refractivity contribution in [2.75, 3.05) is 0 Å². The van der Waals surface area contributed by atoms with Crippen LogP contribution in [0.2, 0.25) is 0 Å². The fourth-order valence-corrected chi connectivity index (χ4v) is 1.37. The lowest BCUT2D eigenvalue weighted by Gasteiger charge is -2.12. The molecule has 0 aliphatic carbocycles. The first-order valence-electron chi connectivity index (χ1n) is 3.86. The Balaban J connectivity index is 2.60. The van der Waals surface area contributed by atoms with E-state index in [4.69, 9.17) is 10.8 Å². The molecule has 0 aromatic heterocycles. The van der Waals surface area contributed by atoms with E-state index in [1.165, 1.54) is 12.1 Å². The molecule has 2 rings (SSSR count). The van der Waals surface area contributed by atoms with Gasteiger partial charge in [0.2, 0.25) is 0 Å². The summed E-state index contributed by atoms with van der Waals surface area (Å²) in [6.45, 7) is 0. The first kappa shape index (κ1) is 7.79. The van der Waals surface area contributed by atoms with E-state index in [1.807, 2.05) is 0 Å². The Bertz CT molecular complexity index is 410. The molecular weight excluding hydrogens is 168 g/mol. The second kappa shape index (κ2) is 2.58. The van der Waals surface area contributed by atoms with Gasteiger partial charge in [-0.2, -0.15) is 4.99 Å². The number of aliphatic imine (C=N–C) groups is 1. The molecule has 0 spiro atoms. The normalized spacial score (nSPS) is 15.1. The van der Waals surface area contributed by atoms with Crippen molar-refractivity contribution in [1.29, 1.82) is 0 Å². The molecule has 1 amide bonds. The number of rotatable bonds is 0. The molecule has 1 aromatic carbocycles. The molecule has 1 aromatic rings. The topological polar surface area (TPSA) is 75.7 Å². The van der Waals surface area contributed by atoms with Crippen molar-refractivity contribution < 1.29 is 9.90 Å². The van der Waals surface area contributed by atoms with Crippen LogP contribution in [-0.2, 0) is 11.2 Å². The number of nitrogens with zero attached hydrogens (tertiary/aromatic N) is 1. The van der Waals surface area contributed by atoms with Gasteiger partial charge in [-0.1, -0.05) is 0 Å². The highest BCUT2D eigenvalue weighted by Gasteiger charge is 2.16. The van der Waals surface area contributed by atoms with Crippen LogP contribution in [0.15, 0.2) is 23.2 Å². The van der Waals surface area contributed by atoms with Crippen LogP contribution in [-0.4, -0.2) is 16.8 Å². The van der Waals surface area contributed by atoms with Gasteiger partial charge in [0, 0.05) is 5.56 Å². The Morgan fingerprint density at radius 1 is 1.46 bits per heavy atom. The number of carbonyl (C=O) groups excluding carboxylic acids is 1. The Morgan fingerprint density at radius 2 is 2.23 bits per heavy atom. The van der Waals surface area contributed by atoms with Crippen molar-refractivity contribution in [3.8, 4) is 5.75 Å². The second-order valence-electron chi connectivity index (χ2n) is 2.91. The average molecular weight is 176 g/mol. The quantitative estimate of drug-likeness (QED) is 0.592. The van der Waals surface area contributed by atoms with E-state index >= 15 is 0 Å². The molecule has 1 heterocycles. The maximum atomic E-state index is 11.0. The van der Waals surface area contributed by atoms with Gasteiger partial charge in [-0.15, -0.1) is 0 Å². The molecule has 0 bridgehead atoms. The van der Waals surface area contributed by atoms with Gasteiger partial charge in [-0.05, 0) is 23.8 Å². The van der Waals surface area contributed by atoms with E-state index < -0.39 is 0 Å². The summed E-state index contributed by atoms with van der Waals surface area (Å²) in [5.41, 5.74) is 7.00. The lowest BCUT2D eigenvalue weighted by Crippen LogP contribution is -2.23. The number of fused-ring (bicyclic) bond motifs is 1. The summed E-state index contributed by atoms with van der Waals surface area (Å²) in [6, 6.07) is 4.72. The first-order valence-corrected chi connectivity index (χ1v) is 3.86. The zero-order chi connectivity index (χ0) is 9.42. The van der Waals surface area contributed by atoms with Crippen molar-refractivity contribution in [1.82, 2.24) is 0 Å². The Kier molecular flexibility index (Phi) is 1.55. The standard InChI is InChI=1S/C9H8N2O2/c10-9-7-2-1-6(12)3-5(7)4-8(13)11-9/h1-3,12H,4H2,(H2,10,11,13). The molecule has 4 heteroatoms. The van der Waals surface area contributed by atoms with Gasteiger partial charge in [0.1, 0.15) is 11.6 Å². The van der Waals surface area contributed by atoms with E-state index in [9.17, 15) is 4.79 Å². The average Bonchev–Trinajstić information content (AvgIpc) is 2.02. The predicted octanol–water partition coefficient (Wildman–Crippen LogP) is 0.180. The van der Waals surface area contributed by atoms with Crippen LogP contribution in [0.1, 0.15) is 11.1 Å². The molecule has 0 unspecified atom stereocenters. The molecule has 13 heavy (non-hydrogen) atoms. The summed E-state index contributed by atoms with van der Waals surface area (Å²) in [6.07, 6.45) is 0.213. The number of amidine groups is 1. The minimum absolute atomic E-state index is 0.140. The van der Waals surface area contributed by atoms with Crippen molar-refractivity contribution in [3.05, 3.63) is 29.3 Å². The molecule has 0 atom stereocenters. The molecule has 0 saturated heterocycles. The van der Waals surface area contributed by atoms with Crippen LogP contribution in [0.4, 0.5) is 0 Å². The number of carbonyl (C=O) groups is 1. The summed E-state index contributed by atoms with van der Waals surface area (Å²) < 4.78 is 0. The van der Waals surface area contributed by atoms with Gasteiger partial charge in [-0.3, -0.25) is 4.79 Å². The van der Waals surface area contributed by atoms with Gasteiger partial charge >= 0.3 is 0 Å². The number of phenols is 1. The van der Waals surface area contributed by atoms with Crippen molar-refractivity contribution in [3.63, 3.8) is 0 Å². The summed E-state index contributed by atoms with van der Waals surface area (Å²) in [5.74, 6) is 0.100. The number of amides is 1. The molecule has 3 N–H and O–H groups in total. The Labute approximate surface area is 74.7 Å². The van der Waals surface area contributed by atoms with Crippen molar-refractivity contribution in [2.45, 2.75) is 6.42 Å². The molecule has 0 saturated carbocycles. The van der Waals surface area contributed by atoms with E-state index in [2.05, 4.69) is 4.99 Å². The highest BCUT2D eigenvalue weighted by atomic mass is 16.3. The summed E-state index contributed by atoms with van der Waals surface area (Å²) in [4.78, 5) is 14.6. The number of aromatic hydroxyl groups is 1. The monoisotopic (exact) mass is 176 g/mol. The third-order valence-electron chi connectivity index (χ3n) is 1.95. The Morgan fingerprint density at radius 3 is 3.00 bits per heavy atom. The lowest BCUT2D eigenvalue weighted by atomic mass is 10.0. The van der Waals surface area contributed by atoms with E-state index in [1.54, 1.807) is 6.07 Å². The van der Waals surface area contributed by atoms with Gasteiger partial charge in [0.25, 0.3) is 5.91 Å². The van der Waals surface area contributed by atoms with Crippen LogP contribution >= 0.6 is 0 Å². The van der Waals surface area contributed by atoms with Crippen molar-refractivity contribution in [2.24, 2.45) is 10.7 Å². The summed E-state index contributed by atoms with van der Waals surface area (Å²) >= 11 is 0. The number of hydrogen-bond donors (Lipinski definition) is 2. The van der Waals surface area contributed by atoms with Gasteiger partial charge in [0.15, 0.2) is 0 Å². The van der Waals surface area contributed by atoms with Gasteiger partial charge < -0.3 is 10.8 Å². The predicted molar refractivity (Wildman–Crippen MR) is 47.5 cm³/mol. The minimum atomic E-state index is -0.268. The Hall–Kier alpha value is -1.84. The zero-order valence-corrected chi connectivity index (χ0v) is 6.82. The zero-order valence-electron chi connectivity index (χ0n) is 6.82. The maximum Gasteiger partial charge on any atom is 0.252 e.